The lowest BCUT2D eigenvalue weighted by Crippen LogP contribution is -2.46. The van der Waals surface area contributed by atoms with Crippen LogP contribution in [0.2, 0.25) is 0 Å². The van der Waals surface area contributed by atoms with Crippen molar-refractivity contribution < 1.29 is 22.8 Å². The SMILES string of the molecule is CCCCC/C=C\C1CC1C(=O)NS(=O)(=O)C1(C)CC1.CNC(=O)C1CCCN1C(=O)CN.O=c1[nH]c2ccccc2[nH]1. The van der Waals surface area contributed by atoms with Crippen LogP contribution >= 0.6 is 0 Å². The highest BCUT2D eigenvalue weighted by Gasteiger charge is 2.52. The van der Waals surface area contributed by atoms with Gasteiger partial charge in [0, 0.05) is 19.5 Å². The molecule has 1 aromatic heterocycles. The lowest BCUT2D eigenvalue weighted by Gasteiger charge is -2.22. The predicted molar refractivity (Wildman–Crippen MR) is 166 cm³/mol. The van der Waals surface area contributed by atoms with Gasteiger partial charge >= 0.3 is 5.69 Å². The van der Waals surface area contributed by atoms with Crippen molar-refractivity contribution in [3.63, 3.8) is 0 Å². The van der Waals surface area contributed by atoms with Crippen LogP contribution in [0.4, 0.5) is 0 Å². The zero-order valence-corrected chi connectivity index (χ0v) is 26.2. The van der Waals surface area contributed by atoms with Gasteiger partial charge in [0.15, 0.2) is 0 Å². The monoisotopic (exact) mass is 618 g/mol. The molecule has 12 nitrogen and oxygen atoms in total. The first-order chi connectivity index (χ1) is 20.5. The fourth-order valence-corrected chi connectivity index (χ4v) is 6.19. The Morgan fingerprint density at radius 1 is 1.12 bits per heavy atom. The molecule has 3 amide bonds. The molecule has 6 N–H and O–H groups in total. The van der Waals surface area contributed by atoms with Crippen molar-refractivity contribution in [2.75, 3.05) is 20.1 Å². The van der Waals surface area contributed by atoms with Crippen molar-refractivity contribution in [3.05, 3.63) is 46.9 Å². The zero-order valence-electron chi connectivity index (χ0n) is 25.4. The molecule has 2 saturated carbocycles. The topological polar surface area (TPSA) is 187 Å². The summed E-state index contributed by atoms with van der Waals surface area (Å²) in [4.78, 5) is 52.0. The second-order valence-electron chi connectivity index (χ2n) is 11.5. The van der Waals surface area contributed by atoms with E-state index in [1.165, 1.54) is 19.3 Å². The van der Waals surface area contributed by atoms with Crippen LogP contribution in [-0.4, -0.2) is 71.9 Å². The number of aromatic amines is 2. The van der Waals surface area contributed by atoms with Crippen LogP contribution < -0.4 is 21.5 Å². The van der Waals surface area contributed by atoms with Crippen LogP contribution in [0, 0.1) is 11.8 Å². The van der Waals surface area contributed by atoms with Crippen LogP contribution in [0.25, 0.3) is 11.0 Å². The molecule has 238 valence electrons. The van der Waals surface area contributed by atoms with Gasteiger partial charge in [-0.3, -0.25) is 19.1 Å². The van der Waals surface area contributed by atoms with Gasteiger partial charge in [-0.25, -0.2) is 13.2 Å². The van der Waals surface area contributed by atoms with Crippen LogP contribution in [0.1, 0.15) is 71.6 Å². The number of hydrogen-bond donors (Lipinski definition) is 5. The minimum atomic E-state index is -3.47. The first-order valence-electron chi connectivity index (χ1n) is 15.1. The van der Waals surface area contributed by atoms with Gasteiger partial charge in [0.1, 0.15) is 6.04 Å². The summed E-state index contributed by atoms with van der Waals surface area (Å²) >= 11 is 0. The molecule has 43 heavy (non-hydrogen) atoms. The van der Waals surface area contributed by atoms with Crippen molar-refractivity contribution >= 4 is 38.8 Å². The fourth-order valence-electron chi connectivity index (χ4n) is 4.89. The number of carbonyl (C=O) groups excluding carboxylic acids is 3. The number of likely N-dealkylation sites (N-methyl/N-ethyl adjacent to an activating group) is 1. The number of nitrogens with zero attached hydrogens (tertiary/aromatic N) is 1. The van der Waals surface area contributed by atoms with Crippen molar-refractivity contribution in [1.82, 2.24) is 24.9 Å². The number of H-pyrrole nitrogens is 2. The maximum absolute atomic E-state index is 11.9. The number of sulfonamides is 1. The summed E-state index contributed by atoms with van der Waals surface area (Å²) in [5.74, 6) is -0.472. The Balaban J connectivity index is 0.000000189. The number of hydrogen-bond acceptors (Lipinski definition) is 7. The largest absolute Gasteiger partial charge is 0.357 e. The highest BCUT2D eigenvalue weighted by Crippen LogP contribution is 2.44. The number of para-hydroxylation sites is 2. The number of nitrogens with one attached hydrogen (secondary N) is 4. The minimum Gasteiger partial charge on any atom is -0.357 e. The second-order valence-corrected chi connectivity index (χ2v) is 13.7. The van der Waals surface area contributed by atoms with Crippen LogP contribution in [0.3, 0.4) is 0 Å². The molecule has 1 aromatic carbocycles. The van der Waals surface area contributed by atoms with Gasteiger partial charge in [0.05, 0.1) is 22.3 Å². The van der Waals surface area contributed by atoms with E-state index in [4.69, 9.17) is 5.73 Å². The Morgan fingerprint density at radius 2 is 1.77 bits per heavy atom. The summed E-state index contributed by atoms with van der Waals surface area (Å²) in [6.45, 7) is 4.49. The van der Waals surface area contributed by atoms with Crippen molar-refractivity contribution in [1.29, 1.82) is 0 Å². The molecule has 13 heteroatoms. The van der Waals surface area contributed by atoms with Gasteiger partial charge in [-0.05, 0) is 69.9 Å². The van der Waals surface area contributed by atoms with Gasteiger partial charge in [0.25, 0.3) is 0 Å². The maximum atomic E-state index is 11.9. The minimum absolute atomic E-state index is 0.0203. The Morgan fingerprint density at radius 3 is 2.33 bits per heavy atom. The molecule has 0 spiro atoms. The predicted octanol–water partition coefficient (Wildman–Crippen LogP) is 2.30. The van der Waals surface area contributed by atoms with Crippen molar-refractivity contribution in [2.24, 2.45) is 17.6 Å². The molecular formula is C30H46N6O6S. The van der Waals surface area contributed by atoms with Crippen molar-refractivity contribution in [3.8, 4) is 0 Å². The summed E-state index contributed by atoms with van der Waals surface area (Å²) in [5, 5.41) is 2.54. The normalized spacial score (nSPS) is 21.8. The van der Waals surface area contributed by atoms with Crippen molar-refractivity contribution in [2.45, 2.75) is 82.4 Å². The smallest absolute Gasteiger partial charge is 0.323 e. The number of rotatable bonds is 10. The van der Waals surface area contributed by atoms with Crippen LogP contribution in [-0.2, 0) is 24.4 Å². The number of benzene rings is 1. The fraction of sp³-hybridized carbons (Fsp3) is 0.600. The summed E-state index contributed by atoms with van der Waals surface area (Å²) in [7, 11) is -1.90. The van der Waals surface area contributed by atoms with E-state index in [1.54, 1.807) is 18.9 Å². The van der Waals surface area contributed by atoms with Gasteiger partial charge in [-0.1, -0.05) is 44.1 Å². The Hall–Kier alpha value is -3.45. The molecule has 1 saturated heterocycles. The van der Waals surface area contributed by atoms with E-state index in [0.717, 1.165) is 36.7 Å². The number of imidazole rings is 1. The first kappa shape index (κ1) is 34.0. The number of unbranched alkanes of at least 4 members (excludes halogenated alkanes) is 3. The van der Waals surface area contributed by atoms with Crippen LogP contribution in [0.5, 0.6) is 0 Å². The molecule has 1 aliphatic heterocycles. The molecule has 2 aliphatic carbocycles. The highest BCUT2D eigenvalue weighted by atomic mass is 32.2. The Bertz CT molecular complexity index is 1390. The van der Waals surface area contributed by atoms with Gasteiger partial charge < -0.3 is 25.9 Å². The number of allylic oxidation sites excluding steroid dienone is 2. The standard InChI is InChI=1S/C15H25NO3S.C8H15N3O2.C7H6N2O/c1-3-4-5-6-7-8-12-11-13(12)14(17)16-20(18,19)15(2)9-10-15;1-10-8(13)6-3-2-4-11(6)7(12)5-9;10-7-8-5-3-1-2-4-6(5)9-7/h7-8,12-13H,3-6,9-11H2,1-2H3,(H,16,17);6H,2-5,9H2,1H3,(H,10,13);1-4H,(H2,8,9,10)/b8-7-;;. The van der Waals surface area contributed by atoms with E-state index in [9.17, 15) is 27.6 Å². The summed E-state index contributed by atoms with van der Waals surface area (Å²) in [5.41, 5.74) is 6.79. The number of fused-ring (bicyclic) bond motifs is 1. The van der Waals surface area contributed by atoms with E-state index >= 15 is 0 Å². The molecule has 3 unspecified atom stereocenters. The molecular weight excluding hydrogens is 572 g/mol. The summed E-state index contributed by atoms with van der Waals surface area (Å²) < 4.78 is 25.4. The Labute approximate surface area is 253 Å². The average Bonchev–Trinajstić information content (AvgIpc) is 3.84. The zero-order chi connectivity index (χ0) is 31.6. The molecule has 2 heterocycles. The number of aromatic nitrogens is 2. The van der Waals surface area contributed by atoms with E-state index < -0.39 is 14.8 Å². The lowest BCUT2D eigenvalue weighted by atomic mass is 10.2. The number of amides is 3. The summed E-state index contributed by atoms with van der Waals surface area (Å²) in [6.07, 6.45) is 12.6. The molecule has 3 atom stereocenters. The quantitative estimate of drug-likeness (QED) is 0.200. The third kappa shape index (κ3) is 9.52. The van der Waals surface area contributed by atoms with E-state index in [0.29, 0.717) is 19.4 Å². The molecule has 0 radical (unpaired) electrons. The van der Waals surface area contributed by atoms with E-state index in [1.807, 2.05) is 24.3 Å². The Kier molecular flexibility index (Phi) is 12.1. The number of likely N-dealkylation sites (tertiary alicyclic amines) is 1. The molecule has 3 aliphatic rings. The third-order valence-corrected chi connectivity index (χ3v) is 10.3. The second kappa shape index (κ2) is 15.3. The summed E-state index contributed by atoms with van der Waals surface area (Å²) in [6, 6.07) is 7.17. The maximum Gasteiger partial charge on any atom is 0.323 e. The molecule has 0 bridgehead atoms. The molecule has 3 fully saturated rings. The van der Waals surface area contributed by atoms with Gasteiger partial charge in [-0.2, -0.15) is 0 Å². The van der Waals surface area contributed by atoms with E-state index in [2.05, 4.69) is 39.1 Å². The van der Waals surface area contributed by atoms with Gasteiger partial charge in [0.2, 0.25) is 27.7 Å². The molecule has 2 aromatic rings. The number of carbonyl (C=O) groups is 3. The van der Waals surface area contributed by atoms with Gasteiger partial charge in [-0.15, -0.1) is 0 Å². The average molecular weight is 619 g/mol. The highest BCUT2D eigenvalue weighted by molar-refractivity contribution is 7.91. The van der Waals surface area contributed by atoms with Crippen LogP contribution in [0.15, 0.2) is 41.2 Å². The third-order valence-electron chi connectivity index (χ3n) is 8.09. The molecule has 5 rings (SSSR count). The van der Waals surface area contributed by atoms with E-state index in [-0.39, 0.29) is 47.8 Å². The first-order valence-corrected chi connectivity index (χ1v) is 16.6. The number of nitrogens with two attached hydrogens (primary N) is 1. The lowest BCUT2D eigenvalue weighted by molar-refractivity contribution is -0.137.